The van der Waals surface area contributed by atoms with Gasteiger partial charge in [-0.1, -0.05) is 0 Å². The molecule has 1 atom stereocenters. The zero-order valence-electron chi connectivity index (χ0n) is 22.7. The number of carbonyl (C=O) groups is 1. The molecule has 1 aliphatic heterocycles. The van der Waals surface area contributed by atoms with Crippen LogP contribution in [0.5, 0.6) is 5.88 Å². The fraction of sp³-hybridized carbons (Fsp3) is 0.414. The highest BCUT2D eigenvalue weighted by atomic mass is 19.3. The zero-order valence-corrected chi connectivity index (χ0v) is 22.7. The molecule has 1 aromatic carbocycles. The Bertz CT molecular complexity index is 1460. The van der Waals surface area contributed by atoms with Crippen LogP contribution in [0.2, 0.25) is 0 Å². The van der Waals surface area contributed by atoms with Gasteiger partial charge in [-0.15, -0.1) is 0 Å². The Morgan fingerprint density at radius 2 is 1.95 bits per heavy atom. The van der Waals surface area contributed by atoms with Gasteiger partial charge in [-0.3, -0.25) is 9.59 Å². The van der Waals surface area contributed by atoms with Crippen LogP contribution in [0.4, 0.5) is 24.5 Å². The number of likely N-dealkylation sites (N-methyl/N-ethyl adjacent to an activating group) is 1. The minimum Gasteiger partial charge on any atom is -0.477 e. The number of anilines is 2. The Balaban J connectivity index is 1.51. The standard InChI is InChI=1S/C29H32F3N5O3/c1-17-14-37(9-8-35(17)2)25-12-23(30)20(19-6-7-26(33-13-19)40-16-18-4-5-18)10-24(25)34-29(39)22-15-36(3)27(38)11-21(22)28(31)32/h6-7,10-13,15,17-18,28H,4-5,8-9,14,16H2,1-3H3,(H,34,39)/t17-/m1/s1. The predicted octanol–water partition coefficient (Wildman–Crippen LogP) is 4.71. The van der Waals surface area contributed by atoms with Gasteiger partial charge in [-0.25, -0.2) is 18.2 Å². The first-order valence-corrected chi connectivity index (χ1v) is 13.3. The van der Waals surface area contributed by atoms with E-state index >= 15 is 4.39 Å². The number of hydrogen-bond donors (Lipinski definition) is 1. The average Bonchev–Trinajstić information content (AvgIpc) is 3.76. The van der Waals surface area contributed by atoms with Gasteiger partial charge in [0.25, 0.3) is 17.9 Å². The normalized spacial score (nSPS) is 17.8. The van der Waals surface area contributed by atoms with Crippen LogP contribution >= 0.6 is 0 Å². The van der Waals surface area contributed by atoms with Crippen LogP contribution < -0.4 is 20.5 Å². The van der Waals surface area contributed by atoms with Crippen molar-refractivity contribution in [2.24, 2.45) is 13.0 Å². The summed E-state index contributed by atoms with van der Waals surface area (Å²) in [5.74, 6) is -0.327. The van der Waals surface area contributed by atoms with Gasteiger partial charge >= 0.3 is 0 Å². The summed E-state index contributed by atoms with van der Waals surface area (Å²) in [4.78, 5) is 33.8. The first-order chi connectivity index (χ1) is 19.1. The summed E-state index contributed by atoms with van der Waals surface area (Å²) >= 11 is 0. The van der Waals surface area contributed by atoms with Crippen LogP contribution in [0, 0.1) is 11.7 Å². The fourth-order valence-corrected chi connectivity index (χ4v) is 4.73. The number of alkyl halides is 2. The third kappa shape index (κ3) is 5.99. The second-order valence-corrected chi connectivity index (χ2v) is 10.6. The molecule has 1 saturated heterocycles. The highest BCUT2D eigenvalue weighted by Gasteiger charge is 2.27. The molecule has 2 aromatic heterocycles. The molecule has 1 saturated carbocycles. The number of aromatic nitrogens is 2. The molecule has 2 aliphatic rings. The van der Waals surface area contributed by atoms with Gasteiger partial charge in [0.05, 0.1) is 23.5 Å². The van der Waals surface area contributed by atoms with Crippen molar-refractivity contribution >= 4 is 17.3 Å². The van der Waals surface area contributed by atoms with E-state index in [1.165, 1.54) is 25.4 Å². The average molecular weight is 556 g/mol. The van der Waals surface area contributed by atoms with E-state index in [0.29, 0.717) is 42.7 Å². The van der Waals surface area contributed by atoms with Gasteiger partial charge in [0.2, 0.25) is 5.88 Å². The van der Waals surface area contributed by atoms with E-state index in [0.717, 1.165) is 36.2 Å². The number of carbonyl (C=O) groups excluding carboxylic acids is 1. The van der Waals surface area contributed by atoms with Crippen molar-refractivity contribution in [2.75, 3.05) is 43.5 Å². The van der Waals surface area contributed by atoms with Gasteiger partial charge in [-0.05, 0) is 50.9 Å². The monoisotopic (exact) mass is 555 g/mol. The maximum Gasteiger partial charge on any atom is 0.264 e. The van der Waals surface area contributed by atoms with Crippen LogP contribution in [0.3, 0.4) is 0 Å². The molecule has 1 amide bonds. The topological polar surface area (TPSA) is 79.7 Å². The summed E-state index contributed by atoms with van der Waals surface area (Å²) in [6, 6.07) is 7.15. The van der Waals surface area contributed by atoms with Crippen molar-refractivity contribution in [1.82, 2.24) is 14.5 Å². The largest absolute Gasteiger partial charge is 0.477 e. The molecule has 3 aromatic rings. The van der Waals surface area contributed by atoms with Gasteiger partial charge < -0.3 is 24.4 Å². The van der Waals surface area contributed by atoms with Crippen molar-refractivity contribution in [1.29, 1.82) is 0 Å². The number of amides is 1. The third-order valence-electron chi connectivity index (χ3n) is 7.59. The maximum atomic E-state index is 15.6. The smallest absolute Gasteiger partial charge is 0.264 e. The van der Waals surface area contributed by atoms with E-state index in [9.17, 15) is 18.4 Å². The number of aryl methyl sites for hydroxylation is 1. The molecule has 2 fully saturated rings. The van der Waals surface area contributed by atoms with Crippen LogP contribution in [0.25, 0.3) is 11.1 Å². The van der Waals surface area contributed by atoms with E-state index in [2.05, 4.69) is 15.2 Å². The molecule has 212 valence electrons. The van der Waals surface area contributed by atoms with Crippen molar-refractivity contribution in [3.8, 4) is 17.0 Å². The van der Waals surface area contributed by atoms with Crippen LogP contribution in [0.1, 0.15) is 42.1 Å². The van der Waals surface area contributed by atoms with E-state index < -0.39 is 29.3 Å². The van der Waals surface area contributed by atoms with E-state index in [4.69, 9.17) is 4.74 Å². The minimum atomic E-state index is -3.02. The number of pyridine rings is 2. The lowest BCUT2D eigenvalue weighted by Crippen LogP contribution is -2.50. The molecule has 1 N–H and O–H groups in total. The van der Waals surface area contributed by atoms with Crippen molar-refractivity contribution in [3.63, 3.8) is 0 Å². The SMILES string of the molecule is C[C@@H]1CN(c2cc(F)c(-c3ccc(OCC4CC4)nc3)cc2NC(=O)c2cn(C)c(=O)cc2C(F)F)CCN1C. The Hall–Kier alpha value is -3.86. The van der Waals surface area contributed by atoms with E-state index in [-0.39, 0.29) is 22.9 Å². The summed E-state index contributed by atoms with van der Waals surface area (Å²) < 4.78 is 49.8. The molecule has 11 heteroatoms. The number of hydrogen-bond acceptors (Lipinski definition) is 6. The Morgan fingerprint density at radius 1 is 1.18 bits per heavy atom. The Labute approximate surface area is 230 Å². The lowest BCUT2D eigenvalue weighted by atomic mass is 10.0. The molecule has 5 rings (SSSR count). The number of piperazine rings is 1. The molecule has 8 nitrogen and oxygen atoms in total. The van der Waals surface area contributed by atoms with E-state index in [1.54, 1.807) is 12.1 Å². The fourth-order valence-electron chi connectivity index (χ4n) is 4.73. The number of nitrogens with zero attached hydrogens (tertiary/aromatic N) is 4. The number of halogens is 3. The molecule has 0 bridgehead atoms. The van der Waals surface area contributed by atoms with Gasteiger partial charge in [0, 0.05) is 73.9 Å². The van der Waals surface area contributed by atoms with Crippen LogP contribution in [-0.4, -0.2) is 59.7 Å². The minimum absolute atomic E-state index is 0.168. The molecule has 3 heterocycles. The molecule has 0 unspecified atom stereocenters. The van der Waals surface area contributed by atoms with Crippen LogP contribution in [-0.2, 0) is 7.05 Å². The van der Waals surface area contributed by atoms with Gasteiger partial charge in [-0.2, -0.15) is 0 Å². The van der Waals surface area contributed by atoms with Crippen molar-refractivity contribution in [3.05, 3.63) is 70.0 Å². The Kier molecular flexibility index (Phi) is 7.84. The molecule has 1 aliphatic carbocycles. The second kappa shape index (κ2) is 11.3. The van der Waals surface area contributed by atoms with Crippen molar-refractivity contribution in [2.45, 2.75) is 32.2 Å². The molecular weight excluding hydrogens is 523 g/mol. The molecular formula is C29H32F3N5O3. The zero-order chi connectivity index (χ0) is 28.6. The van der Waals surface area contributed by atoms with Crippen molar-refractivity contribution < 1.29 is 22.7 Å². The molecule has 0 radical (unpaired) electrons. The third-order valence-corrected chi connectivity index (χ3v) is 7.59. The summed E-state index contributed by atoms with van der Waals surface area (Å²) in [5, 5.41) is 2.73. The number of ether oxygens (including phenoxy) is 1. The van der Waals surface area contributed by atoms with Crippen LogP contribution in [0.15, 0.2) is 47.5 Å². The maximum absolute atomic E-state index is 15.6. The number of benzene rings is 1. The van der Waals surface area contributed by atoms with Gasteiger partial charge in [0.1, 0.15) is 5.82 Å². The highest BCUT2D eigenvalue weighted by molar-refractivity contribution is 6.07. The molecule has 40 heavy (non-hydrogen) atoms. The number of nitrogens with one attached hydrogen (secondary N) is 1. The lowest BCUT2D eigenvalue weighted by Gasteiger charge is -2.39. The molecule has 0 spiro atoms. The summed E-state index contributed by atoms with van der Waals surface area (Å²) in [6.45, 7) is 4.53. The predicted molar refractivity (Wildman–Crippen MR) is 147 cm³/mol. The van der Waals surface area contributed by atoms with E-state index in [1.807, 2.05) is 18.9 Å². The summed E-state index contributed by atoms with van der Waals surface area (Å²) in [5.41, 5.74) is -0.280. The van der Waals surface area contributed by atoms with Gasteiger partial charge in [0.15, 0.2) is 0 Å². The quantitative estimate of drug-likeness (QED) is 0.434. The first kappa shape index (κ1) is 27.7. The lowest BCUT2D eigenvalue weighted by molar-refractivity contribution is 0.101. The number of rotatable bonds is 8. The highest BCUT2D eigenvalue weighted by Crippen LogP contribution is 2.36. The Morgan fingerprint density at radius 3 is 2.60 bits per heavy atom. The first-order valence-electron chi connectivity index (χ1n) is 13.3. The summed E-state index contributed by atoms with van der Waals surface area (Å²) in [7, 11) is 3.39. The second-order valence-electron chi connectivity index (χ2n) is 10.6. The summed E-state index contributed by atoms with van der Waals surface area (Å²) in [6.07, 6.45) is 1.86.